The molecule has 7 heteroatoms. The third kappa shape index (κ3) is 3.99. The van der Waals surface area contributed by atoms with Gasteiger partial charge in [0.1, 0.15) is 11.1 Å². The first-order valence-electron chi connectivity index (χ1n) is 8.48. The number of piperazine rings is 1. The molecule has 0 saturated carbocycles. The quantitative estimate of drug-likeness (QED) is 0.829. The van der Waals surface area contributed by atoms with Crippen LogP contribution in [0.15, 0.2) is 12.3 Å². The number of ether oxygens (including phenoxy) is 2. The number of carbonyl (C=O) groups is 1. The highest BCUT2D eigenvalue weighted by Gasteiger charge is 2.25. The molecule has 3 rings (SSSR count). The maximum Gasteiger partial charge on any atom is 0.255 e. The molecule has 2 saturated heterocycles. The van der Waals surface area contributed by atoms with Gasteiger partial charge in [-0.3, -0.25) is 9.69 Å². The largest absolute Gasteiger partial charge is 0.471 e. The van der Waals surface area contributed by atoms with E-state index in [0.29, 0.717) is 35.7 Å². The Morgan fingerprint density at radius 1 is 1.38 bits per heavy atom. The van der Waals surface area contributed by atoms with Gasteiger partial charge in [-0.1, -0.05) is 11.6 Å². The fraction of sp³-hybridized carbons (Fsp3) is 0.647. The molecular formula is C17H24ClN3O3. The number of carbonyl (C=O) groups excluding carboxylic acids is 1. The van der Waals surface area contributed by atoms with Crippen molar-refractivity contribution in [1.82, 2.24) is 14.8 Å². The van der Waals surface area contributed by atoms with Crippen LogP contribution in [0.4, 0.5) is 0 Å². The van der Waals surface area contributed by atoms with Gasteiger partial charge in [-0.2, -0.15) is 0 Å². The molecule has 1 amide bonds. The first-order chi connectivity index (χ1) is 11.5. The van der Waals surface area contributed by atoms with E-state index in [0.717, 1.165) is 32.6 Å². The van der Waals surface area contributed by atoms with Crippen LogP contribution in [0.3, 0.4) is 0 Å². The summed E-state index contributed by atoms with van der Waals surface area (Å²) >= 11 is 6.25. The Morgan fingerprint density at radius 3 is 2.71 bits per heavy atom. The van der Waals surface area contributed by atoms with Crippen molar-refractivity contribution in [1.29, 1.82) is 0 Å². The van der Waals surface area contributed by atoms with Gasteiger partial charge in [-0.05, 0) is 19.9 Å². The van der Waals surface area contributed by atoms with E-state index in [2.05, 4.69) is 23.7 Å². The van der Waals surface area contributed by atoms with Crippen LogP contribution >= 0.6 is 11.6 Å². The summed E-state index contributed by atoms with van der Waals surface area (Å²) in [6.07, 6.45) is 2.37. The minimum Gasteiger partial charge on any atom is -0.471 e. The molecule has 2 aliphatic heterocycles. The van der Waals surface area contributed by atoms with E-state index in [4.69, 9.17) is 21.1 Å². The minimum absolute atomic E-state index is 0.0133. The Bertz CT molecular complexity index is 582. The van der Waals surface area contributed by atoms with Gasteiger partial charge in [-0.15, -0.1) is 0 Å². The lowest BCUT2D eigenvalue weighted by molar-refractivity contribution is 0.0595. The van der Waals surface area contributed by atoms with Crippen LogP contribution in [-0.2, 0) is 4.74 Å². The molecule has 132 valence electrons. The minimum atomic E-state index is -0.0245. The third-order valence-corrected chi connectivity index (χ3v) is 4.82. The van der Waals surface area contributed by atoms with Crippen LogP contribution in [-0.4, -0.2) is 72.2 Å². The zero-order valence-electron chi connectivity index (χ0n) is 14.2. The zero-order valence-corrected chi connectivity index (χ0v) is 15.0. The average molecular weight is 354 g/mol. The van der Waals surface area contributed by atoms with Crippen molar-refractivity contribution in [2.45, 2.75) is 32.4 Å². The van der Waals surface area contributed by atoms with E-state index >= 15 is 0 Å². The van der Waals surface area contributed by atoms with Crippen LogP contribution in [0.2, 0.25) is 5.02 Å². The standard InChI is InChI=1S/C17H24ClN3O3/c1-12(2)20-4-6-21(7-5-20)17(22)13-9-15(18)16(19-10-13)24-14-3-8-23-11-14/h9-10,12,14H,3-8,11H2,1-2H3. The number of hydrogen-bond donors (Lipinski definition) is 0. The summed E-state index contributed by atoms with van der Waals surface area (Å²) in [6.45, 7) is 8.85. The van der Waals surface area contributed by atoms with Crippen molar-refractivity contribution in [2.24, 2.45) is 0 Å². The number of amides is 1. The highest BCUT2D eigenvalue weighted by atomic mass is 35.5. The Hall–Kier alpha value is -1.37. The lowest BCUT2D eigenvalue weighted by Crippen LogP contribution is -2.50. The first-order valence-corrected chi connectivity index (χ1v) is 8.85. The maximum atomic E-state index is 12.6. The van der Waals surface area contributed by atoms with Crippen molar-refractivity contribution < 1.29 is 14.3 Å². The topological polar surface area (TPSA) is 54.9 Å². The van der Waals surface area contributed by atoms with E-state index in [1.807, 2.05) is 4.90 Å². The fourth-order valence-electron chi connectivity index (χ4n) is 3.02. The number of halogens is 1. The van der Waals surface area contributed by atoms with Crippen LogP contribution in [0.25, 0.3) is 0 Å². The first kappa shape index (κ1) is 17.5. The van der Waals surface area contributed by atoms with Crippen molar-refractivity contribution in [2.75, 3.05) is 39.4 Å². The monoisotopic (exact) mass is 353 g/mol. The molecule has 24 heavy (non-hydrogen) atoms. The van der Waals surface area contributed by atoms with Crippen molar-refractivity contribution in [3.8, 4) is 5.88 Å². The summed E-state index contributed by atoms with van der Waals surface area (Å²) in [6, 6.07) is 2.16. The summed E-state index contributed by atoms with van der Waals surface area (Å²) in [4.78, 5) is 21.1. The molecule has 0 aliphatic carbocycles. The molecule has 2 aliphatic rings. The summed E-state index contributed by atoms with van der Waals surface area (Å²) in [5, 5.41) is 0.369. The van der Waals surface area contributed by atoms with Crippen molar-refractivity contribution in [3.05, 3.63) is 22.8 Å². The predicted molar refractivity (Wildman–Crippen MR) is 91.7 cm³/mol. The van der Waals surface area contributed by atoms with Gasteiger partial charge >= 0.3 is 0 Å². The number of rotatable bonds is 4. The number of nitrogens with zero attached hydrogens (tertiary/aromatic N) is 3. The second kappa shape index (κ2) is 7.68. The van der Waals surface area contributed by atoms with Crippen LogP contribution in [0, 0.1) is 0 Å². The molecule has 2 fully saturated rings. The predicted octanol–water partition coefficient (Wildman–Crippen LogP) is 2.07. The molecule has 0 bridgehead atoms. The van der Waals surface area contributed by atoms with Gasteiger partial charge in [0.2, 0.25) is 5.88 Å². The van der Waals surface area contributed by atoms with Gasteiger partial charge < -0.3 is 14.4 Å². The second-order valence-electron chi connectivity index (χ2n) is 6.54. The molecule has 0 radical (unpaired) electrons. The highest BCUT2D eigenvalue weighted by Crippen LogP contribution is 2.25. The molecule has 3 heterocycles. The molecule has 0 spiro atoms. The summed E-state index contributed by atoms with van der Waals surface area (Å²) in [5.41, 5.74) is 0.507. The Morgan fingerprint density at radius 2 is 2.12 bits per heavy atom. The zero-order chi connectivity index (χ0) is 17.1. The van der Waals surface area contributed by atoms with Crippen LogP contribution < -0.4 is 4.74 Å². The number of aromatic nitrogens is 1. The normalized spacial score (nSPS) is 22.2. The van der Waals surface area contributed by atoms with E-state index in [1.165, 1.54) is 0 Å². The Kier molecular flexibility index (Phi) is 5.58. The van der Waals surface area contributed by atoms with Gasteiger partial charge in [0, 0.05) is 44.8 Å². The summed E-state index contributed by atoms with van der Waals surface area (Å²) < 4.78 is 11.0. The molecule has 1 atom stereocenters. The van der Waals surface area contributed by atoms with Crippen molar-refractivity contribution >= 4 is 17.5 Å². The fourth-order valence-corrected chi connectivity index (χ4v) is 3.23. The average Bonchev–Trinajstić information content (AvgIpc) is 3.09. The van der Waals surface area contributed by atoms with Crippen LogP contribution in [0.5, 0.6) is 5.88 Å². The highest BCUT2D eigenvalue weighted by molar-refractivity contribution is 6.32. The summed E-state index contributed by atoms with van der Waals surface area (Å²) in [5.74, 6) is 0.344. The SMILES string of the molecule is CC(C)N1CCN(C(=O)c2cnc(OC3CCOC3)c(Cl)c2)CC1. The smallest absolute Gasteiger partial charge is 0.255 e. The number of hydrogen-bond acceptors (Lipinski definition) is 5. The lowest BCUT2D eigenvalue weighted by Gasteiger charge is -2.36. The molecule has 0 N–H and O–H groups in total. The van der Waals surface area contributed by atoms with Gasteiger partial charge in [0.15, 0.2) is 0 Å². The van der Waals surface area contributed by atoms with Gasteiger partial charge in [-0.25, -0.2) is 4.98 Å². The Labute approximate surface area is 147 Å². The molecule has 6 nitrogen and oxygen atoms in total. The van der Waals surface area contributed by atoms with E-state index < -0.39 is 0 Å². The second-order valence-corrected chi connectivity index (χ2v) is 6.94. The molecule has 1 aromatic rings. The lowest BCUT2D eigenvalue weighted by atomic mass is 10.2. The van der Waals surface area contributed by atoms with Crippen LogP contribution in [0.1, 0.15) is 30.6 Å². The Balaban J connectivity index is 1.62. The number of pyridine rings is 1. The van der Waals surface area contributed by atoms with E-state index in [1.54, 1.807) is 12.3 Å². The molecule has 0 aromatic carbocycles. The van der Waals surface area contributed by atoms with Gasteiger partial charge in [0.25, 0.3) is 5.91 Å². The van der Waals surface area contributed by atoms with E-state index in [9.17, 15) is 4.79 Å². The summed E-state index contributed by atoms with van der Waals surface area (Å²) in [7, 11) is 0. The van der Waals surface area contributed by atoms with Crippen molar-refractivity contribution in [3.63, 3.8) is 0 Å². The molecule has 1 aromatic heterocycles. The van der Waals surface area contributed by atoms with E-state index in [-0.39, 0.29) is 12.0 Å². The molecule has 1 unspecified atom stereocenters. The van der Waals surface area contributed by atoms with Gasteiger partial charge in [0.05, 0.1) is 18.8 Å². The maximum absolute atomic E-state index is 12.6. The molecular weight excluding hydrogens is 330 g/mol. The third-order valence-electron chi connectivity index (χ3n) is 4.55.